The predicted molar refractivity (Wildman–Crippen MR) is 76.8 cm³/mol. The third-order valence-electron chi connectivity index (χ3n) is 3.90. The molecule has 1 saturated heterocycles. The first kappa shape index (κ1) is 15.7. The van der Waals surface area contributed by atoms with E-state index >= 15 is 0 Å². The van der Waals surface area contributed by atoms with Crippen LogP contribution in [-0.4, -0.2) is 36.1 Å². The van der Waals surface area contributed by atoms with Gasteiger partial charge in [-0.05, 0) is 38.3 Å². The molecule has 0 aliphatic carbocycles. The zero-order chi connectivity index (χ0) is 15.4. The third-order valence-corrected chi connectivity index (χ3v) is 3.90. The molecule has 1 aromatic carbocycles. The van der Waals surface area contributed by atoms with Gasteiger partial charge in [-0.15, -0.1) is 0 Å². The number of primary amides is 1. The summed E-state index contributed by atoms with van der Waals surface area (Å²) in [6, 6.07) is 3.72. The quantitative estimate of drug-likeness (QED) is 0.893. The summed E-state index contributed by atoms with van der Waals surface area (Å²) in [5, 5.41) is 3.37. The molecule has 0 radical (unpaired) electrons. The number of carbonyl (C=O) groups excluding carboxylic acids is 1. The van der Waals surface area contributed by atoms with E-state index in [4.69, 9.17) is 5.73 Å². The van der Waals surface area contributed by atoms with Crippen LogP contribution in [0.3, 0.4) is 0 Å². The maximum atomic E-state index is 13.6. The van der Waals surface area contributed by atoms with Crippen molar-refractivity contribution in [2.75, 3.05) is 13.1 Å². The summed E-state index contributed by atoms with van der Waals surface area (Å²) in [6.07, 6.45) is 1.90. The summed E-state index contributed by atoms with van der Waals surface area (Å²) in [5.74, 6) is -1.01. The van der Waals surface area contributed by atoms with Gasteiger partial charge in [0.1, 0.15) is 11.6 Å². The highest BCUT2D eigenvalue weighted by molar-refractivity contribution is 5.72. The van der Waals surface area contributed by atoms with Crippen molar-refractivity contribution in [3.05, 3.63) is 35.4 Å². The van der Waals surface area contributed by atoms with Crippen LogP contribution in [0.1, 0.15) is 25.3 Å². The second kappa shape index (κ2) is 6.85. The fourth-order valence-corrected chi connectivity index (χ4v) is 2.76. The van der Waals surface area contributed by atoms with Crippen molar-refractivity contribution in [1.82, 2.24) is 10.2 Å². The van der Waals surface area contributed by atoms with E-state index in [9.17, 15) is 13.6 Å². The van der Waals surface area contributed by atoms with Crippen LogP contribution < -0.4 is 11.1 Å². The van der Waals surface area contributed by atoms with Gasteiger partial charge in [0.25, 0.3) is 0 Å². The van der Waals surface area contributed by atoms with Crippen molar-refractivity contribution in [3.63, 3.8) is 0 Å². The molecule has 1 aliphatic rings. The molecule has 1 atom stereocenters. The van der Waals surface area contributed by atoms with Crippen LogP contribution in [0.25, 0.3) is 0 Å². The Morgan fingerprint density at radius 3 is 2.48 bits per heavy atom. The molecule has 2 amide bonds. The van der Waals surface area contributed by atoms with Crippen LogP contribution in [0.4, 0.5) is 13.6 Å². The number of piperidine rings is 1. The van der Waals surface area contributed by atoms with E-state index in [0.29, 0.717) is 19.5 Å². The van der Waals surface area contributed by atoms with Crippen LogP contribution in [0.2, 0.25) is 0 Å². The number of amides is 2. The van der Waals surface area contributed by atoms with Gasteiger partial charge in [0.2, 0.25) is 0 Å². The molecule has 0 spiro atoms. The average molecular weight is 297 g/mol. The highest BCUT2D eigenvalue weighted by Gasteiger charge is 2.22. The topological polar surface area (TPSA) is 58.4 Å². The maximum Gasteiger partial charge on any atom is 0.314 e. The van der Waals surface area contributed by atoms with E-state index in [1.165, 1.54) is 18.2 Å². The molecule has 3 N–H and O–H groups in total. The summed E-state index contributed by atoms with van der Waals surface area (Å²) in [6.45, 7) is 3.15. The Labute approximate surface area is 123 Å². The van der Waals surface area contributed by atoms with Gasteiger partial charge in [-0.2, -0.15) is 0 Å². The zero-order valence-corrected chi connectivity index (χ0v) is 12.1. The molecule has 1 fully saturated rings. The summed E-state index contributed by atoms with van der Waals surface area (Å²) in [7, 11) is 0. The molecule has 21 heavy (non-hydrogen) atoms. The van der Waals surface area contributed by atoms with Gasteiger partial charge in [-0.25, -0.2) is 13.6 Å². The number of carbonyl (C=O) groups is 1. The first-order valence-corrected chi connectivity index (χ1v) is 7.20. The molecular formula is C15H21F2N3O. The Morgan fingerprint density at radius 1 is 1.38 bits per heavy atom. The number of hydrogen-bond acceptors (Lipinski definition) is 2. The normalized spacial score (nSPS) is 17.8. The van der Waals surface area contributed by atoms with Gasteiger partial charge >= 0.3 is 6.03 Å². The number of nitrogens with one attached hydrogen (secondary N) is 1. The van der Waals surface area contributed by atoms with Gasteiger partial charge in [-0.1, -0.05) is 6.07 Å². The van der Waals surface area contributed by atoms with Crippen LogP contribution >= 0.6 is 0 Å². The molecule has 0 bridgehead atoms. The number of rotatable bonds is 4. The monoisotopic (exact) mass is 297 g/mol. The Balaban J connectivity index is 1.85. The second-order valence-corrected chi connectivity index (χ2v) is 5.57. The van der Waals surface area contributed by atoms with Gasteiger partial charge in [-0.3, -0.25) is 0 Å². The molecule has 1 heterocycles. The van der Waals surface area contributed by atoms with Crippen molar-refractivity contribution >= 4 is 6.03 Å². The molecular weight excluding hydrogens is 276 g/mol. The second-order valence-electron chi connectivity index (χ2n) is 5.57. The van der Waals surface area contributed by atoms with Gasteiger partial charge in [0.05, 0.1) is 0 Å². The molecule has 1 unspecified atom stereocenters. The lowest BCUT2D eigenvalue weighted by Crippen LogP contribution is -2.49. The van der Waals surface area contributed by atoms with Gasteiger partial charge in [0.15, 0.2) is 0 Å². The number of halogens is 2. The molecule has 1 aromatic rings. The summed E-state index contributed by atoms with van der Waals surface area (Å²) in [4.78, 5) is 12.7. The van der Waals surface area contributed by atoms with Crippen LogP contribution in [0.5, 0.6) is 0 Å². The Kier molecular flexibility index (Phi) is 5.12. The molecule has 2 rings (SSSR count). The Hall–Kier alpha value is -1.69. The molecule has 0 saturated carbocycles. The fourth-order valence-electron chi connectivity index (χ4n) is 2.76. The Bertz CT molecular complexity index is 481. The molecule has 0 aromatic heterocycles. The molecule has 4 nitrogen and oxygen atoms in total. The lowest BCUT2D eigenvalue weighted by atomic mass is 10.0. The fraction of sp³-hybridized carbons (Fsp3) is 0.533. The highest BCUT2D eigenvalue weighted by atomic mass is 19.1. The minimum atomic E-state index is -0.507. The van der Waals surface area contributed by atoms with Crippen molar-refractivity contribution in [1.29, 1.82) is 0 Å². The SMILES string of the molecule is CC(Cc1c(F)cccc1F)NC1CCN(C(N)=O)CC1. The van der Waals surface area contributed by atoms with Crippen molar-refractivity contribution in [3.8, 4) is 0 Å². The predicted octanol–water partition coefficient (Wildman–Crippen LogP) is 2.03. The summed E-state index contributed by atoms with van der Waals surface area (Å²) >= 11 is 0. The average Bonchev–Trinajstić information content (AvgIpc) is 2.43. The molecule has 6 heteroatoms. The van der Waals surface area contributed by atoms with Crippen LogP contribution in [0.15, 0.2) is 18.2 Å². The number of nitrogens with two attached hydrogens (primary N) is 1. The Morgan fingerprint density at radius 2 is 1.95 bits per heavy atom. The number of urea groups is 1. The van der Waals surface area contributed by atoms with Crippen molar-refractivity contribution in [2.24, 2.45) is 5.73 Å². The molecule has 116 valence electrons. The largest absolute Gasteiger partial charge is 0.351 e. The number of nitrogens with zero attached hydrogens (tertiary/aromatic N) is 1. The summed E-state index contributed by atoms with van der Waals surface area (Å²) < 4.78 is 27.2. The standard InChI is InChI=1S/C15H21F2N3O/c1-10(9-12-13(16)3-2-4-14(12)17)19-11-5-7-20(8-6-11)15(18)21/h2-4,10-11,19H,5-9H2,1H3,(H2,18,21). The first-order chi connectivity index (χ1) is 9.97. The third kappa shape index (κ3) is 4.14. The van der Waals surface area contributed by atoms with E-state index in [2.05, 4.69) is 5.32 Å². The number of likely N-dealkylation sites (tertiary alicyclic amines) is 1. The lowest BCUT2D eigenvalue weighted by Gasteiger charge is -2.33. The lowest BCUT2D eigenvalue weighted by molar-refractivity contribution is 0.182. The number of hydrogen-bond donors (Lipinski definition) is 2. The van der Waals surface area contributed by atoms with E-state index in [1.54, 1.807) is 4.90 Å². The summed E-state index contributed by atoms with van der Waals surface area (Å²) in [5.41, 5.74) is 5.35. The minimum Gasteiger partial charge on any atom is -0.351 e. The van der Waals surface area contributed by atoms with E-state index < -0.39 is 17.7 Å². The van der Waals surface area contributed by atoms with Gasteiger partial charge in [0, 0.05) is 30.7 Å². The van der Waals surface area contributed by atoms with Crippen LogP contribution in [-0.2, 0) is 6.42 Å². The zero-order valence-electron chi connectivity index (χ0n) is 12.1. The minimum absolute atomic E-state index is 0.0403. The van der Waals surface area contributed by atoms with E-state index in [1.807, 2.05) is 6.92 Å². The highest BCUT2D eigenvalue weighted by Crippen LogP contribution is 2.16. The van der Waals surface area contributed by atoms with Crippen LogP contribution in [0, 0.1) is 11.6 Å². The maximum absolute atomic E-state index is 13.6. The van der Waals surface area contributed by atoms with Crippen molar-refractivity contribution in [2.45, 2.75) is 38.3 Å². The molecule has 1 aliphatic heterocycles. The van der Waals surface area contributed by atoms with E-state index in [-0.39, 0.29) is 17.6 Å². The van der Waals surface area contributed by atoms with E-state index in [0.717, 1.165) is 12.8 Å². The first-order valence-electron chi connectivity index (χ1n) is 7.20. The van der Waals surface area contributed by atoms with Gasteiger partial charge < -0.3 is 16.0 Å². The number of benzene rings is 1. The van der Waals surface area contributed by atoms with Crippen molar-refractivity contribution < 1.29 is 13.6 Å². The smallest absolute Gasteiger partial charge is 0.314 e.